The molecule has 128 valence electrons. The third-order valence-electron chi connectivity index (χ3n) is 3.69. The minimum absolute atomic E-state index is 0.0561. The largest absolute Gasteiger partial charge is 0.506 e. The van der Waals surface area contributed by atoms with Crippen molar-refractivity contribution in [3.05, 3.63) is 48.8 Å². The Hall–Kier alpha value is -2.64. The average molecular weight is 338 g/mol. The molecule has 2 heterocycles. The monoisotopic (exact) mass is 338 g/mol. The van der Waals surface area contributed by atoms with Crippen LogP contribution in [0.15, 0.2) is 48.8 Å². The molecule has 0 aliphatic carbocycles. The van der Waals surface area contributed by atoms with Crippen LogP contribution < -0.4 is 5.59 Å². The molecule has 25 heavy (non-hydrogen) atoms. The SMILES string of the molecule is CC(C)(C)OC(=O)n1c(B(O)O)cc2c(-c3cccnc3)cccc21. The molecule has 2 aromatic heterocycles. The maximum atomic E-state index is 12.6. The number of carbonyl (C=O) groups excluding carboxylic acids is 1. The van der Waals surface area contributed by atoms with Gasteiger partial charge < -0.3 is 14.8 Å². The summed E-state index contributed by atoms with van der Waals surface area (Å²) in [5.74, 6) is 0. The fraction of sp³-hybridized carbons (Fsp3) is 0.222. The van der Waals surface area contributed by atoms with Crippen molar-refractivity contribution in [3.63, 3.8) is 0 Å². The van der Waals surface area contributed by atoms with Crippen molar-refractivity contribution < 1.29 is 19.6 Å². The van der Waals surface area contributed by atoms with Crippen molar-refractivity contribution in [2.45, 2.75) is 26.4 Å². The Morgan fingerprint density at radius 1 is 1.20 bits per heavy atom. The summed E-state index contributed by atoms with van der Waals surface area (Å²) in [7, 11) is -1.80. The smallest absolute Gasteiger partial charge is 0.443 e. The van der Waals surface area contributed by atoms with E-state index in [0.717, 1.165) is 11.1 Å². The van der Waals surface area contributed by atoms with Crippen molar-refractivity contribution in [2.24, 2.45) is 0 Å². The number of hydrogen-bond donors (Lipinski definition) is 2. The van der Waals surface area contributed by atoms with Crippen molar-refractivity contribution in [1.29, 1.82) is 0 Å². The molecule has 2 N–H and O–H groups in total. The normalized spacial score (nSPS) is 11.6. The third kappa shape index (κ3) is 3.43. The van der Waals surface area contributed by atoms with E-state index >= 15 is 0 Å². The third-order valence-corrected chi connectivity index (χ3v) is 3.69. The van der Waals surface area contributed by atoms with Gasteiger partial charge in [0.2, 0.25) is 0 Å². The molecule has 3 aromatic rings. The fourth-order valence-corrected chi connectivity index (χ4v) is 2.73. The van der Waals surface area contributed by atoms with E-state index in [0.29, 0.717) is 10.9 Å². The van der Waals surface area contributed by atoms with Crippen LogP contribution in [-0.2, 0) is 4.74 Å². The van der Waals surface area contributed by atoms with Gasteiger partial charge in [0.15, 0.2) is 0 Å². The molecule has 6 nitrogen and oxygen atoms in total. The Kier molecular flexibility index (Phi) is 4.37. The van der Waals surface area contributed by atoms with Gasteiger partial charge in [-0.05, 0) is 44.5 Å². The van der Waals surface area contributed by atoms with E-state index in [2.05, 4.69) is 4.98 Å². The average Bonchev–Trinajstić information content (AvgIpc) is 2.94. The second kappa shape index (κ2) is 6.35. The second-order valence-corrected chi connectivity index (χ2v) is 6.74. The molecular formula is C18H19BN2O4. The molecule has 0 radical (unpaired) electrons. The van der Waals surface area contributed by atoms with E-state index in [9.17, 15) is 14.8 Å². The molecule has 0 saturated heterocycles. The molecule has 0 atom stereocenters. The van der Waals surface area contributed by atoms with Gasteiger partial charge in [-0.3, -0.25) is 9.55 Å². The highest BCUT2D eigenvalue weighted by molar-refractivity contribution is 6.59. The van der Waals surface area contributed by atoms with Crippen LogP contribution in [0, 0.1) is 0 Å². The van der Waals surface area contributed by atoms with Crippen LogP contribution in [-0.4, -0.2) is 38.4 Å². The molecule has 1 aromatic carbocycles. The second-order valence-electron chi connectivity index (χ2n) is 6.74. The first-order valence-corrected chi connectivity index (χ1v) is 7.92. The van der Waals surface area contributed by atoms with Crippen LogP contribution >= 0.6 is 0 Å². The van der Waals surface area contributed by atoms with E-state index in [1.54, 1.807) is 51.4 Å². The number of aromatic nitrogens is 2. The number of fused-ring (bicyclic) bond motifs is 1. The zero-order chi connectivity index (χ0) is 18.2. The maximum absolute atomic E-state index is 12.6. The summed E-state index contributed by atoms with van der Waals surface area (Å²) in [6.07, 6.45) is 2.74. The first kappa shape index (κ1) is 17.2. The number of hydrogen-bond acceptors (Lipinski definition) is 5. The van der Waals surface area contributed by atoms with E-state index in [-0.39, 0.29) is 5.59 Å². The van der Waals surface area contributed by atoms with Crippen molar-refractivity contribution in [1.82, 2.24) is 9.55 Å². The molecule has 0 fully saturated rings. The molecule has 7 heteroatoms. The summed E-state index contributed by atoms with van der Waals surface area (Å²) < 4.78 is 6.62. The molecule has 0 unspecified atom stereocenters. The van der Waals surface area contributed by atoms with Gasteiger partial charge >= 0.3 is 13.2 Å². The standard InChI is InChI=1S/C18H19BN2O4/c1-18(2,3)25-17(22)21-15-8-4-7-13(12-6-5-9-20-11-12)14(15)10-16(21)19(23)24/h4-11,23-24H,1-3H3. The van der Waals surface area contributed by atoms with Crippen LogP contribution in [0.1, 0.15) is 20.8 Å². The highest BCUT2D eigenvalue weighted by atomic mass is 16.6. The maximum Gasteiger partial charge on any atom is 0.506 e. The predicted molar refractivity (Wildman–Crippen MR) is 96.6 cm³/mol. The van der Waals surface area contributed by atoms with Gasteiger partial charge in [-0.1, -0.05) is 18.2 Å². The van der Waals surface area contributed by atoms with Crippen LogP contribution in [0.3, 0.4) is 0 Å². The molecule has 0 amide bonds. The van der Waals surface area contributed by atoms with E-state index in [1.165, 1.54) is 4.57 Å². The first-order valence-electron chi connectivity index (χ1n) is 7.92. The van der Waals surface area contributed by atoms with E-state index < -0.39 is 18.8 Å². The van der Waals surface area contributed by atoms with Crippen LogP contribution in [0.2, 0.25) is 0 Å². The summed E-state index contributed by atoms with van der Waals surface area (Å²) in [5.41, 5.74) is 1.61. The van der Waals surface area contributed by atoms with Gasteiger partial charge in [-0.2, -0.15) is 0 Å². The minimum atomic E-state index is -1.80. The number of pyridine rings is 1. The summed E-state index contributed by atoms with van der Waals surface area (Å²) in [6, 6.07) is 10.8. The molecule has 0 saturated carbocycles. The zero-order valence-electron chi connectivity index (χ0n) is 14.3. The van der Waals surface area contributed by atoms with Gasteiger partial charge in [0.05, 0.1) is 11.1 Å². The van der Waals surface area contributed by atoms with E-state index in [4.69, 9.17) is 4.74 Å². The zero-order valence-corrected chi connectivity index (χ0v) is 14.3. The number of carbonyl (C=O) groups is 1. The summed E-state index contributed by atoms with van der Waals surface area (Å²) in [5, 5.41) is 20.2. The summed E-state index contributed by atoms with van der Waals surface area (Å²) in [6.45, 7) is 5.27. The molecule has 0 aliphatic rings. The Morgan fingerprint density at radius 2 is 1.96 bits per heavy atom. The van der Waals surface area contributed by atoms with Crippen molar-refractivity contribution in [3.8, 4) is 11.1 Å². The lowest BCUT2D eigenvalue weighted by Gasteiger charge is -2.21. The Morgan fingerprint density at radius 3 is 2.56 bits per heavy atom. The lowest BCUT2D eigenvalue weighted by molar-refractivity contribution is 0.0547. The molecule has 0 bridgehead atoms. The Balaban J connectivity index is 2.23. The fourth-order valence-electron chi connectivity index (χ4n) is 2.73. The lowest BCUT2D eigenvalue weighted by Crippen LogP contribution is -2.40. The highest BCUT2D eigenvalue weighted by Gasteiger charge is 2.27. The molecule has 0 aliphatic heterocycles. The van der Waals surface area contributed by atoms with Crippen molar-refractivity contribution >= 4 is 29.7 Å². The van der Waals surface area contributed by atoms with Gasteiger partial charge in [0.1, 0.15) is 5.60 Å². The Labute approximate surface area is 145 Å². The number of ether oxygens (including phenoxy) is 1. The predicted octanol–water partition coefficient (Wildman–Crippen LogP) is 2.17. The topological polar surface area (TPSA) is 84.6 Å². The number of benzene rings is 1. The lowest BCUT2D eigenvalue weighted by atomic mass is 9.86. The van der Waals surface area contributed by atoms with Crippen LogP contribution in [0.5, 0.6) is 0 Å². The summed E-state index contributed by atoms with van der Waals surface area (Å²) in [4.78, 5) is 16.7. The summed E-state index contributed by atoms with van der Waals surface area (Å²) >= 11 is 0. The van der Waals surface area contributed by atoms with Crippen LogP contribution in [0.25, 0.3) is 22.0 Å². The first-order chi connectivity index (χ1) is 11.8. The number of rotatable bonds is 2. The minimum Gasteiger partial charge on any atom is -0.443 e. The molecular weight excluding hydrogens is 319 g/mol. The number of nitrogens with zero attached hydrogens (tertiary/aromatic N) is 2. The van der Waals surface area contributed by atoms with Gasteiger partial charge in [0.25, 0.3) is 0 Å². The van der Waals surface area contributed by atoms with Crippen molar-refractivity contribution in [2.75, 3.05) is 0 Å². The quantitative estimate of drug-likeness (QED) is 0.700. The highest BCUT2D eigenvalue weighted by Crippen LogP contribution is 2.28. The molecule has 0 spiro atoms. The van der Waals surface area contributed by atoms with Crippen LogP contribution in [0.4, 0.5) is 4.79 Å². The van der Waals surface area contributed by atoms with E-state index in [1.807, 2.05) is 18.2 Å². The van der Waals surface area contributed by atoms with Gasteiger partial charge in [-0.15, -0.1) is 0 Å². The molecule has 3 rings (SSSR count). The van der Waals surface area contributed by atoms with Gasteiger partial charge in [-0.25, -0.2) is 4.79 Å². The van der Waals surface area contributed by atoms with Gasteiger partial charge in [0, 0.05) is 23.3 Å². The Bertz CT molecular complexity index is 914.